The van der Waals surface area contributed by atoms with Gasteiger partial charge >= 0.3 is 0 Å². The number of benzene rings is 2. The molecular weight excluding hydrogens is 398 g/mol. The molecule has 0 aromatic heterocycles. The molecule has 0 N–H and O–H groups in total. The number of hydrogen-bond donors (Lipinski definition) is 0. The summed E-state index contributed by atoms with van der Waals surface area (Å²) in [5.41, 5.74) is 0.841. The molecule has 1 atom stereocenters. The molecule has 0 saturated heterocycles. The number of rotatable bonds is 4. The fourth-order valence-corrected chi connectivity index (χ4v) is 3.00. The van der Waals surface area contributed by atoms with Crippen LogP contribution in [0.2, 0.25) is 0 Å². The van der Waals surface area contributed by atoms with Gasteiger partial charge in [0.05, 0.1) is 4.47 Å². The van der Waals surface area contributed by atoms with Crippen LogP contribution in [-0.4, -0.2) is 19.1 Å². The van der Waals surface area contributed by atoms with E-state index in [1.165, 1.54) is 0 Å². The molecular formula is C16H15Br2NO2. The third-order valence-corrected chi connectivity index (χ3v) is 4.13. The minimum Gasteiger partial charge on any atom is -0.480 e. The molecule has 0 bridgehead atoms. The standard InChI is InChI=1S/C16H15Br2NO2/c1-11(21-15-9-8-12(17)10-14(15)18)16(20)19(2)13-6-4-3-5-7-13/h3-11H,1-2H3. The Kier molecular flexibility index (Phi) is 5.42. The van der Waals surface area contributed by atoms with Gasteiger partial charge in [-0.05, 0) is 53.2 Å². The van der Waals surface area contributed by atoms with Gasteiger partial charge < -0.3 is 9.64 Å². The molecule has 0 spiro atoms. The lowest BCUT2D eigenvalue weighted by atomic mass is 10.2. The van der Waals surface area contributed by atoms with E-state index in [2.05, 4.69) is 31.9 Å². The van der Waals surface area contributed by atoms with Crippen LogP contribution in [0.3, 0.4) is 0 Å². The van der Waals surface area contributed by atoms with Crippen molar-refractivity contribution in [3.05, 3.63) is 57.5 Å². The molecule has 1 amide bonds. The van der Waals surface area contributed by atoms with Crippen LogP contribution in [0.15, 0.2) is 57.5 Å². The molecule has 0 aliphatic heterocycles. The van der Waals surface area contributed by atoms with Crippen molar-refractivity contribution in [2.24, 2.45) is 0 Å². The molecule has 2 aromatic carbocycles. The highest BCUT2D eigenvalue weighted by atomic mass is 79.9. The first kappa shape index (κ1) is 16.0. The van der Waals surface area contributed by atoms with Crippen LogP contribution >= 0.6 is 31.9 Å². The summed E-state index contributed by atoms with van der Waals surface area (Å²) in [6.45, 7) is 1.75. The largest absolute Gasteiger partial charge is 0.480 e. The number of carbonyl (C=O) groups excluding carboxylic acids is 1. The first-order valence-corrected chi connectivity index (χ1v) is 8.02. The second-order valence-electron chi connectivity index (χ2n) is 4.57. The lowest BCUT2D eigenvalue weighted by Crippen LogP contribution is -2.38. The van der Waals surface area contributed by atoms with Gasteiger partial charge in [-0.15, -0.1) is 0 Å². The Morgan fingerprint density at radius 2 is 1.81 bits per heavy atom. The maximum atomic E-state index is 12.4. The number of amides is 1. The lowest BCUT2D eigenvalue weighted by molar-refractivity contribution is -0.124. The van der Waals surface area contributed by atoms with E-state index < -0.39 is 6.10 Å². The van der Waals surface area contributed by atoms with Crippen LogP contribution in [0.5, 0.6) is 5.75 Å². The molecule has 21 heavy (non-hydrogen) atoms. The molecule has 0 fully saturated rings. The van der Waals surface area contributed by atoms with Crippen molar-refractivity contribution >= 4 is 43.5 Å². The minimum atomic E-state index is -0.576. The first-order valence-electron chi connectivity index (χ1n) is 6.43. The predicted octanol–water partition coefficient (Wildman–Crippen LogP) is 4.64. The maximum Gasteiger partial charge on any atom is 0.267 e. The zero-order valence-electron chi connectivity index (χ0n) is 11.7. The van der Waals surface area contributed by atoms with Crippen LogP contribution in [0.1, 0.15) is 6.92 Å². The van der Waals surface area contributed by atoms with E-state index in [9.17, 15) is 4.79 Å². The zero-order valence-corrected chi connectivity index (χ0v) is 14.9. The van der Waals surface area contributed by atoms with Crippen LogP contribution in [-0.2, 0) is 4.79 Å². The van der Waals surface area contributed by atoms with Gasteiger partial charge in [-0.3, -0.25) is 4.79 Å². The number of anilines is 1. The molecule has 0 radical (unpaired) electrons. The monoisotopic (exact) mass is 411 g/mol. The van der Waals surface area contributed by atoms with Crippen molar-refractivity contribution in [2.75, 3.05) is 11.9 Å². The molecule has 5 heteroatoms. The summed E-state index contributed by atoms with van der Waals surface area (Å²) in [5, 5.41) is 0. The van der Waals surface area contributed by atoms with Gasteiger partial charge in [0, 0.05) is 17.2 Å². The van der Waals surface area contributed by atoms with Crippen molar-refractivity contribution in [1.29, 1.82) is 0 Å². The third-order valence-electron chi connectivity index (χ3n) is 3.02. The highest BCUT2D eigenvalue weighted by Crippen LogP contribution is 2.29. The van der Waals surface area contributed by atoms with Crippen LogP contribution in [0.25, 0.3) is 0 Å². The number of hydrogen-bond acceptors (Lipinski definition) is 2. The number of nitrogens with zero attached hydrogens (tertiary/aromatic N) is 1. The zero-order chi connectivity index (χ0) is 15.4. The average molecular weight is 413 g/mol. The lowest BCUT2D eigenvalue weighted by Gasteiger charge is -2.22. The summed E-state index contributed by atoms with van der Waals surface area (Å²) in [4.78, 5) is 14.0. The number of ether oxygens (including phenoxy) is 1. The van der Waals surface area contributed by atoms with Crippen LogP contribution in [0, 0.1) is 0 Å². The van der Waals surface area contributed by atoms with Crippen LogP contribution < -0.4 is 9.64 Å². The Morgan fingerprint density at radius 1 is 1.14 bits per heavy atom. The van der Waals surface area contributed by atoms with Gasteiger partial charge in [0.25, 0.3) is 5.91 Å². The second-order valence-corrected chi connectivity index (χ2v) is 6.34. The van der Waals surface area contributed by atoms with Gasteiger partial charge in [0.15, 0.2) is 6.10 Å². The molecule has 0 aliphatic carbocycles. The number of carbonyl (C=O) groups is 1. The number of para-hydroxylation sites is 1. The van der Waals surface area contributed by atoms with Crippen molar-refractivity contribution in [1.82, 2.24) is 0 Å². The van der Waals surface area contributed by atoms with Gasteiger partial charge in [-0.2, -0.15) is 0 Å². The summed E-state index contributed by atoms with van der Waals surface area (Å²) < 4.78 is 7.50. The summed E-state index contributed by atoms with van der Waals surface area (Å²) in [6.07, 6.45) is -0.576. The Balaban J connectivity index is 2.09. The van der Waals surface area contributed by atoms with E-state index in [1.54, 1.807) is 18.9 Å². The number of halogens is 2. The molecule has 0 aliphatic rings. The smallest absolute Gasteiger partial charge is 0.267 e. The van der Waals surface area contributed by atoms with E-state index in [4.69, 9.17) is 4.74 Å². The topological polar surface area (TPSA) is 29.5 Å². The van der Waals surface area contributed by atoms with Crippen molar-refractivity contribution in [2.45, 2.75) is 13.0 Å². The molecule has 0 heterocycles. The summed E-state index contributed by atoms with van der Waals surface area (Å²) >= 11 is 6.81. The minimum absolute atomic E-state index is 0.101. The molecule has 1 unspecified atom stereocenters. The summed E-state index contributed by atoms with van der Waals surface area (Å²) in [7, 11) is 1.74. The van der Waals surface area contributed by atoms with Crippen molar-refractivity contribution < 1.29 is 9.53 Å². The van der Waals surface area contributed by atoms with E-state index in [1.807, 2.05) is 48.5 Å². The third kappa shape index (κ3) is 4.08. The molecule has 3 nitrogen and oxygen atoms in total. The van der Waals surface area contributed by atoms with E-state index in [0.29, 0.717) is 5.75 Å². The molecule has 110 valence electrons. The summed E-state index contributed by atoms with van der Waals surface area (Å²) in [5.74, 6) is 0.538. The SMILES string of the molecule is CC(Oc1ccc(Br)cc1Br)C(=O)N(C)c1ccccc1. The first-order chi connectivity index (χ1) is 9.99. The van der Waals surface area contributed by atoms with Gasteiger partial charge in [-0.1, -0.05) is 34.1 Å². The van der Waals surface area contributed by atoms with E-state index >= 15 is 0 Å². The Hall–Kier alpha value is -1.33. The van der Waals surface area contributed by atoms with Crippen molar-refractivity contribution in [3.63, 3.8) is 0 Å². The van der Waals surface area contributed by atoms with Crippen molar-refractivity contribution in [3.8, 4) is 5.75 Å². The number of likely N-dealkylation sites (N-methyl/N-ethyl adjacent to an activating group) is 1. The van der Waals surface area contributed by atoms with Gasteiger partial charge in [-0.25, -0.2) is 0 Å². The molecule has 2 aromatic rings. The normalized spacial score (nSPS) is 11.8. The maximum absolute atomic E-state index is 12.4. The van der Waals surface area contributed by atoms with Crippen LogP contribution in [0.4, 0.5) is 5.69 Å². The van der Waals surface area contributed by atoms with E-state index in [0.717, 1.165) is 14.6 Å². The predicted molar refractivity (Wildman–Crippen MR) is 91.8 cm³/mol. The molecule has 0 saturated carbocycles. The average Bonchev–Trinajstić information content (AvgIpc) is 2.49. The molecule has 2 rings (SSSR count). The Labute approximate surface area is 141 Å². The van der Waals surface area contributed by atoms with Gasteiger partial charge in [0.1, 0.15) is 5.75 Å². The Bertz CT molecular complexity index is 631. The highest BCUT2D eigenvalue weighted by Gasteiger charge is 2.21. The summed E-state index contributed by atoms with van der Waals surface area (Å²) in [6, 6.07) is 15.1. The second kappa shape index (κ2) is 7.09. The quantitative estimate of drug-likeness (QED) is 0.731. The highest BCUT2D eigenvalue weighted by molar-refractivity contribution is 9.11. The fourth-order valence-electron chi connectivity index (χ4n) is 1.86. The van der Waals surface area contributed by atoms with Gasteiger partial charge in [0.2, 0.25) is 0 Å². The Morgan fingerprint density at radius 3 is 2.43 bits per heavy atom. The van der Waals surface area contributed by atoms with E-state index in [-0.39, 0.29) is 5.91 Å². The fraction of sp³-hybridized carbons (Fsp3) is 0.188.